The molecule has 0 aromatic carbocycles. The van der Waals surface area contributed by atoms with Crippen molar-refractivity contribution in [1.82, 2.24) is 5.32 Å². The van der Waals surface area contributed by atoms with Gasteiger partial charge >= 0.3 is 0 Å². The number of methoxy groups -OCH3 is 1. The molecule has 74 valence electrons. The van der Waals surface area contributed by atoms with Gasteiger partial charge in [0.05, 0.1) is 6.61 Å². The highest BCUT2D eigenvalue weighted by Crippen LogP contribution is 1.99. The van der Waals surface area contributed by atoms with Crippen LogP contribution in [0, 0.1) is 0 Å². The average molecular weight is 173 g/mol. The van der Waals surface area contributed by atoms with Crippen molar-refractivity contribution in [2.75, 3.05) is 13.7 Å². The number of nitrogens with one attached hydrogen (secondary N) is 1. The Kier molecular flexibility index (Phi) is 7.51. The van der Waals surface area contributed by atoms with E-state index in [1.54, 1.807) is 7.11 Å². The fraction of sp³-hybridized carbons (Fsp3) is 1.00. The number of hydrogen-bond donors (Lipinski definition) is 1. The molecule has 0 aliphatic heterocycles. The molecule has 0 spiro atoms. The van der Waals surface area contributed by atoms with Crippen molar-refractivity contribution in [3.63, 3.8) is 0 Å². The van der Waals surface area contributed by atoms with E-state index in [1.165, 1.54) is 12.8 Å². The first-order valence-electron chi connectivity index (χ1n) is 4.99. The molecule has 0 amide bonds. The third-order valence-electron chi connectivity index (χ3n) is 2.10. The van der Waals surface area contributed by atoms with Crippen LogP contribution >= 0.6 is 0 Å². The Hall–Kier alpha value is -0.0800. The Bertz CT molecular complexity index is 95.8. The van der Waals surface area contributed by atoms with Crippen LogP contribution in [0.5, 0.6) is 0 Å². The summed E-state index contributed by atoms with van der Waals surface area (Å²) >= 11 is 0. The van der Waals surface area contributed by atoms with Gasteiger partial charge in [-0.1, -0.05) is 20.3 Å². The van der Waals surface area contributed by atoms with E-state index < -0.39 is 0 Å². The third kappa shape index (κ3) is 5.56. The van der Waals surface area contributed by atoms with Gasteiger partial charge in [0.25, 0.3) is 0 Å². The van der Waals surface area contributed by atoms with E-state index in [1.807, 2.05) is 0 Å². The van der Waals surface area contributed by atoms with E-state index in [9.17, 15) is 0 Å². The smallest absolute Gasteiger partial charge is 0.0615 e. The molecule has 2 unspecified atom stereocenters. The topological polar surface area (TPSA) is 21.3 Å². The van der Waals surface area contributed by atoms with Gasteiger partial charge in [0, 0.05) is 19.2 Å². The monoisotopic (exact) mass is 173 g/mol. The second kappa shape index (κ2) is 7.56. The van der Waals surface area contributed by atoms with Crippen molar-refractivity contribution >= 4 is 0 Å². The largest absolute Gasteiger partial charge is 0.383 e. The lowest BCUT2D eigenvalue weighted by atomic mass is 10.1. The molecule has 2 atom stereocenters. The maximum Gasteiger partial charge on any atom is 0.0615 e. The number of ether oxygens (including phenoxy) is 1. The van der Waals surface area contributed by atoms with Gasteiger partial charge in [-0.05, 0) is 19.8 Å². The van der Waals surface area contributed by atoms with Gasteiger partial charge in [-0.15, -0.1) is 0 Å². The fourth-order valence-electron chi connectivity index (χ4n) is 1.40. The Morgan fingerprint density at radius 3 is 2.42 bits per heavy atom. The first-order chi connectivity index (χ1) is 5.74. The zero-order valence-electron chi connectivity index (χ0n) is 8.89. The molecule has 0 bridgehead atoms. The van der Waals surface area contributed by atoms with E-state index in [0.717, 1.165) is 13.0 Å². The van der Waals surface area contributed by atoms with E-state index in [4.69, 9.17) is 4.74 Å². The number of rotatable bonds is 7. The van der Waals surface area contributed by atoms with E-state index in [0.29, 0.717) is 12.1 Å². The van der Waals surface area contributed by atoms with Gasteiger partial charge in [0.2, 0.25) is 0 Å². The Morgan fingerprint density at radius 1 is 1.33 bits per heavy atom. The van der Waals surface area contributed by atoms with E-state index in [-0.39, 0.29) is 0 Å². The summed E-state index contributed by atoms with van der Waals surface area (Å²) in [7, 11) is 1.76. The second-order valence-electron chi connectivity index (χ2n) is 3.42. The van der Waals surface area contributed by atoms with Gasteiger partial charge in [0.15, 0.2) is 0 Å². The quantitative estimate of drug-likeness (QED) is 0.637. The standard InChI is InChI=1S/C10H23NO/c1-5-7-9(3)11-10(6-2)8-12-4/h9-11H,5-8H2,1-4H3. The summed E-state index contributed by atoms with van der Waals surface area (Å²) < 4.78 is 5.11. The average Bonchev–Trinajstić information content (AvgIpc) is 2.04. The van der Waals surface area contributed by atoms with Crippen LogP contribution < -0.4 is 5.32 Å². The van der Waals surface area contributed by atoms with Crippen LogP contribution in [0.15, 0.2) is 0 Å². The summed E-state index contributed by atoms with van der Waals surface area (Å²) in [5.41, 5.74) is 0. The zero-order chi connectivity index (χ0) is 9.40. The molecule has 0 aromatic heterocycles. The van der Waals surface area contributed by atoms with Crippen LogP contribution in [0.25, 0.3) is 0 Å². The van der Waals surface area contributed by atoms with Crippen molar-refractivity contribution < 1.29 is 4.74 Å². The SMILES string of the molecule is CCCC(C)NC(CC)COC. The summed E-state index contributed by atoms with van der Waals surface area (Å²) in [5.74, 6) is 0. The Balaban J connectivity index is 3.53. The minimum atomic E-state index is 0.525. The molecular formula is C10H23NO. The van der Waals surface area contributed by atoms with Crippen molar-refractivity contribution in [3.8, 4) is 0 Å². The predicted octanol–water partition coefficient (Wildman–Crippen LogP) is 2.19. The minimum absolute atomic E-state index is 0.525. The lowest BCUT2D eigenvalue weighted by Crippen LogP contribution is -2.38. The van der Waals surface area contributed by atoms with Crippen molar-refractivity contribution in [2.24, 2.45) is 0 Å². The summed E-state index contributed by atoms with van der Waals surface area (Å²) in [6.45, 7) is 7.47. The summed E-state index contributed by atoms with van der Waals surface area (Å²) in [4.78, 5) is 0. The number of hydrogen-bond acceptors (Lipinski definition) is 2. The highest BCUT2D eigenvalue weighted by molar-refractivity contribution is 4.69. The molecule has 2 heteroatoms. The van der Waals surface area contributed by atoms with Crippen molar-refractivity contribution in [1.29, 1.82) is 0 Å². The molecule has 0 saturated heterocycles. The lowest BCUT2D eigenvalue weighted by molar-refractivity contribution is 0.158. The molecule has 0 fully saturated rings. The minimum Gasteiger partial charge on any atom is -0.383 e. The molecule has 0 rings (SSSR count). The normalized spacial score (nSPS) is 16.0. The van der Waals surface area contributed by atoms with Crippen molar-refractivity contribution in [2.45, 2.75) is 52.1 Å². The molecular weight excluding hydrogens is 150 g/mol. The van der Waals surface area contributed by atoms with Crippen LogP contribution in [-0.2, 0) is 4.74 Å². The maximum atomic E-state index is 5.11. The molecule has 2 nitrogen and oxygen atoms in total. The maximum absolute atomic E-state index is 5.11. The third-order valence-corrected chi connectivity index (χ3v) is 2.10. The van der Waals surface area contributed by atoms with E-state index in [2.05, 4.69) is 26.1 Å². The first kappa shape index (κ1) is 11.9. The summed E-state index contributed by atoms with van der Waals surface area (Å²) in [5, 5.41) is 3.54. The molecule has 0 heterocycles. The van der Waals surface area contributed by atoms with Gasteiger partial charge in [-0.3, -0.25) is 0 Å². The van der Waals surface area contributed by atoms with Crippen LogP contribution in [0.4, 0.5) is 0 Å². The van der Waals surface area contributed by atoms with Crippen LogP contribution in [-0.4, -0.2) is 25.8 Å². The van der Waals surface area contributed by atoms with Gasteiger partial charge in [-0.25, -0.2) is 0 Å². The fourth-order valence-corrected chi connectivity index (χ4v) is 1.40. The predicted molar refractivity (Wildman–Crippen MR) is 53.5 cm³/mol. The molecule has 0 aliphatic carbocycles. The highest BCUT2D eigenvalue weighted by Gasteiger charge is 2.08. The Morgan fingerprint density at radius 2 is 2.00 bits per heavy atom. The van der Waals surface area contributed by atoms with Gasteiger partial charge < -0.3 is 10.1 Å². The lowest BCUT2D eigenvalue weighted by Gasteiger charge is -2.21. The molecule has 12 heavy (non-hydrogen) atoms. The van der Waals surface area contributed by atoms with Crippen LogP contribution in [0.2, 0.25) is 0 Å². The highest BCUT2D eigenvalue weighted by atomic mass is 16.5. The summed E-state index contributed by atoms with van der Waals surface area (Å²) in [6.07, 6.45) is 3.64. The molecule has 0 aromatic rings. The summed E-state index contributed by atoms with van der Waals surface area (Å²) in [6, 6.07) is 1.15. The van der Waals surface area contributed by atoms with Gasteiger partial charge in [0.1, 0.15) is 0 Å². The molecule has 1 N–H and O–H groups in total. The second-order valence-corrected chi connectivity index (χ2v) is 3.42. The van der Waals surface area contributed by atoms with Crippen molar-refractivity contribution in [3.05, 3.63) is 0 Å². The first-order valence-corrected chi connectivity index (χ1v) is 4.99. The molecule has 0 aliphatic rings. The van der Waals surface area contributed by atoms with E-state index >= 15 is 0 Å². The van der Waals surface area contributed by atoms with Gasteiger partial charge in [-0.2, -0.15) is 0 Å². The molecule has 0 saturated carbocycles. The zero-order valence-corrected chi connectivity index (χ0v) is 8.89. The molecule has 0 radical (unpaired) electrons. The van der Waals surface area contributed by atoms with Crippen LogP contribution in [0.3, 0.4) is 0 Å². The van der Waals surface area contributed by atoms with Crippen LogP contribution in [0.1, 0.15) is 40.0 Å². The Labute approximate surface area is 76.7 Å².